The summed E-state index contributed by atoms with van der Waals surface area (Å²) in [5, 5.41) is 3.69. The molecule has 126 valence electrons. The maximum Gasteiger partial charge on any atom is 0.123 e. The zero-order valence-electron chi connectivity index (χ0n) is 14.2. The van der Waals surface area contributed by atoms with Crippen molar-refractivity contribution in [3.63, 3.8) is 0 Å². The molecule has 1 aromatic carbocycles. The second-order valence-electron chi connectivity index (χ2n) is 7.31. The molecule has 1 saturated heterocycles. The van der Waals surface area contributed by atoms with Gasteiger partial charge in [-0.1, -0.05) is 32.1 Å². The molecule has 0 bridgehead atoms. The lowest BCUT2D eigenvalue weighted by Gasteiger charge is -2.42. The Morgan fingerprint density at radius 1 is 1.17 bits per heavy atom. The molecule has 2 nitrogen and oxygen atoms in total. The molecule has 1 aliphatic heterocycles. The van der Waals surface area contributed by atoms with Gasteiger partial charge in [0.05, 0.1) is 0 Å². The van der Waals surface area contributed by atoms with Crippen LogP contribution in [0.1, 0.15) is 44.6 Å². The van der Waals surface area contributed by atoms with Crippen molar-refractivity contribution in [1.29, 1.82) is 0 Å². The number of likely N-dealkylation sites (tertiary alicyclic amines) is 1. The molecule has 0 unspecified atom stereocenters. The van der Waals surface area contributed by atoms with Gasteiger partial charge in [0.2, 0.25) is 0 Å². The van der Waals surface area contributed by atoms with E-state index in [1.807, 2.05) is 12.1 Å². The third kappa shape index (κ3) is 4.35. The number of nitrogens with one attached hydrogen (secondary N) is 1. The second-order valence-corrected chi connectivity index (χ2v) is 7.31. The van der Waals surface area contributed by atoms with Crippen LogP contribution in [-0.4, -0.2) is 24.0 Å². The molecule has 1 N–H and O–H groups in total. The smallest absolute Gasteiger partial charge is 0.123 e. The molecule has 1 aliphatic carbocycles. The Balaban J connectivity index is 1.37. The summed E-state index contributed by atoms with van der Waals surface area (Å²) >= 11 is 0. The Labute approximate surface area is 139 Å². The van der Waals surface area contributed by atoms with Crippen molar-refractivity contribution in [2.75, 3.05) is 13.1 Å². The van der Waals surface area contributed by atoms with E-state index in [4.69, 9.17) is 0 Å². The van der Waals surface area contributed by atoms with E-state index in [2.05, 4.69) is 23.7 Å². The van der Waals surface area contributed by atoms with Crippen LogP contribution in [0.25, 0.3) is 0 Å². The predicted octanol–water partition coefficient (Wildman–Crippen LogP) is 4.33. The summed E-state index contributed by atoms with van der Waals surface area (Å²) in [6, 6.07) is 7.47. The molecule has 3 rings (SSSR count). The Bertz CT molecular complexity index is 511. The number of hydrogen-bond donors (Lipinski definition) is 1. The van der Waals surface area contributed by atoms with Crippen molar-refractivity contribution in [3.8, 4) is 0 Å². The molecular weight excluding hydrogens is 287 g/mol. The Morgan fingerprint density at radius 2 is 1.83 bits per heavy atom. The minimum Gasteiger partial charge on any atom is -0.386 e. The maximum atomic E-state index is 12.9. The van der Waals surface area contributed by atoms with E-state index in [9.17, 15) is 4.39 Å². The molecule has 23 heavy (non-hydrogen) atoms. The highest BCUT2D eigenvalue weighted by Crippen LogP contribution is 2.29. The summed E-state index contributed by atoms with van der Waals surface area (Å²) in [5.41, 5.74) is 2.40. The van der Waals surface area contributed by atoms with Crippen molar-refractivity contribution in [2.45, 2.75) is 51.6 Å². The van der Waals surface area contributed by atoms with Gasteiger partial charge in [0.25, 0.3) is 0 Å². The van der Waals surface area contributed by atoms with Crippen molar-refractivity contribution in [1.82, 2.24) is 10.2 Å². The van der Waals surface area contributed by atoms with E-state index >= 15 is 0 Å². The SMILES string of the molecule is C=C(NC1CCC(CC)CC1)C1CN(Cc2ccc(F)cc2)C1. The van der Waals surface area contributed by atoms with Gasteiger partial charge in [-0.3, -0.25) is 4.90 Å². The molecular formula is C20H29FN2. The van der Waals surface area contributed by atoms with E-state index < -0.39 is 0 Å². The molecule has 0 aromatic heterocycles. The Morgan fingerprint density at radius 3 is 2.43 bits per heavy atom. The minimum absolute atomic E-state index is 0.161. The molecule has 2 fully saturated rings. The van der Waals surface area contributed by atoms with Crippen LogP contribution < -0.4 is 5.32 Å². The quantitative estimate of drug-likeness (QED) is 0.840. The lowest BCUT2D eigenvalue weighted by molar-refractivity contribution is 0.108. The van der Waals surface area contributed by atoms with Crippen LogP contribution >= 0.6 is 0 Å². The monoisotopic (exact) mass is 316 g/mol. The number of nitrogens with zero attached hydrogens (tertiary/aromatic N) is 1. The largest absolute Gasteiger partial charge is 0.386 e. The number of halogens is 1. The van der Waals surface area contributed by atoms with E-state index in [1.54, 1.807) is 12.1 Å². The van der Waals surface area contributed by atoms with Crippen molar-refractivity contribution >= 4 is 0 Å². The molecule has 0 radical (unpaired) electrons. The second kappa shape index (κ2) is 7.48. The lowest BCUT2D eigenvalue weighted by Crippen LogP contribution is -2.50. The molecule has 1 saturated carbocycles. The summed E-state index contributed by atoms with van der Waals surface area (Å²) in [6.07, 6.45) is 6.65. The van der Waals surface area contributed by atoms with Crippen LogP contribution in [0.2, 0.25) is 0 Å². The normalized spacial score (nSPS) is 25.8. The van der Waals surface area contributed by atoms with Crippen molar-refractivity contribution < 1.29 is 4.39 Å². The third-order valence-electron chi connectivity index (χ3n) is 5.58. The van der Waals surface area contributed by atoms with Gasteiger partial charge in [0, 0.05) is 37.3 Å². The summed E-state index contributed by atoms with van der Waals surface area (Å²) in [4.78, 5) is 2.40. The molecule has 3 heteroatoms. The third-order valence-corrected chi connectivity index (χ3v) is 5.58. The van der Waals surface area contributed by atoms with Crippen LogP contribution in [0.5, 0.6) is 0 Å². The van der Waals surface area contributed by atoms with Gasteiger partial charge in [-0.2, -0.15) is 0 Å². The average Bonchev–Trinajstić information content (AvgIpc) is 2.53. The highest BCUT2D eigenvalue weighted by molar-refractivity contribution is 5.17. The van der Waals surface area contributed by atoms with E-state index in [0.29, 0.717) is 12.0 Å². The molecule has 0 atom stereocenters. The van der Waals surface area contributed by atoms with Gasteiger partial charge >= 0.3 is 0 Å². The van der Waals surface area contributed by atoms with Crippen LogP contribution in [0.4, 0.5) is 4.39 Å². The van der Waals surface area contributed by atoms with Gasteiger partial charge in [-0.25, -0.2) is 4.39 Å². The zero-order valence-corrected chi connectivity index (χ0v) is 14.2. The first-order chi connectivity index (χ1) is 11.1. The van der Waals surface area contributed by atoms with Crippen molar-refractivity contribution in [2.24, 2.45) is 11.8 Å². The summed E-state index contributed by atoms with van der Waals surface area (Å²) < 4.78 is 12.9. The number of benzene rings is 1. The van der Waals surface area contributed by atoms with Gasteiger partial charge in [-0.15, -0.1) is 0 Å². The van der Waals surface area contributed by atoms with Gasteiger partial charge in [0.1, 0.15) is 5.82 Å². The fourth-order valence-electron chi connectivity index (χ4n) is 3.86. The molecule has 1 aromatic rings. The Kier molecular flexibility index (Phi) is 5.37. The van der Waals surface area contributed by atoms with Crippen LogP contribution in [0.15, 0.2) is 36.5 Å². The lowest BCUT2D eigenvalue weighted by atomic mass is 9.84. The van der Waals surface area contributed by atoms with Crippen LogP contribution in [0.3, 0.4) is 0 Å². The number of hydrogen-bond acceptors (Lipinski definition) is 2. The predicted molar refractivity (Wildman–Crippen MR) is 93.5 cm³/mol. The topological polar surface area (TPSA) is 15.3 Å². The van der Waals surface area contributed by atoms with E-state index in [1.165, 1.54) is 43.4 Å². The standard InChI is InChI=1S/C20H29FN2/c1-3-16-6-10-20(11-7-16)22-15(2)18-13-23(14-18)12-17-4-8-19(21)9-5-17/h4-5,8-9,16,18,20,22H,2-3,6-7,10-14H2,1H3. The van der Waals surface area contributed by atoms with E-state index in [0.717, 1.165) is 25.6 Å². The van der Waals surface area contributed by atoms with Gasteiger partial charge in [-0.05, 0) is 49.3 Å². The maximum absolute atomic E-state index is 12.9. The Hall–Kier alpha value is -1.35. The molecule has 0 amide bonds. The van der Waals surface area contributed by atoms with Gasteiger partial charge in [0.15, 0.2) is 0 Å². The van der Waals surface area contributed by atoms with Crippen molar-refractivity contribution in [3.05, 3.63) is 47.9 Å². The zero-order chi connectivity index (χ0) is 16.2. The highest BCUT2D eigenvalue weighted by atomic mass is 19.1. The molecule has 0 spiro atoms. The summed E-state index contributed by atoms with van der Waals surface area (Å²) in [7, 11) is 0. The van der Waals surface area contributed by atoms with Crippen LogP contribution in [0, 0.1) is 17.7 Å². The summed E-state index contributed by atoms with van der Waals surface area (Å²) in [5.74, 6) is 1.35. The molecule has 1 heterocycles. The minimum atomic E-state index is -0.161. The summed E-state index contributed by atoms with van der Waals surface area (Å²) in [6.45, 7) is 9.62. The first kappa shape index (κ1) is 16.5. The van der Waals surface area contributed by atoms with Gasteiger partial charge < -0.3 is 5.32 Å². The average molecular weight is 316 g/mol. The highest BCUT2D eigenvalue weighted by Gasteiger charge is 2.30. The first-order valence-electron chi connectivity index (χ1n) is 9.06. The molecule has 2 aliphatic rings. The first-order valence-corrected chi connectivity index (χ1v) is 9.06. The van der Waals surface area contributed by atoms with E-state index in [-0.39, 0.29) is 5.82 Å². The number of rotatable bonds is 6. The fraction of sp³-hybridized carbons (Fsp3) is 0.600. The van der Waals surface area contributed by atoms with Crippen LogP contribution in [-0.2, 0) is 6.54 Å². The fourth-order valence-corrected chi connectivity index (χ4v) is 3.86.